The molecule has 1 aromatic carbocycles. The molecular formula is C29H36N8O4. The number of hydrogen-bond donors (Lipinski definition) is 1. The number of aromatic nitrogens is 5. The molecule has 2 aliphatic rings. The number of anilines is 2. The van der Waals surface area contributed by atoms with Crippen LogP contribution >= 0.6 is 0 Å². The smallest absolute Gasteiger partial charge is 0.410 e. The number of rotatable bonds is 4. The molecule has 12 heteroatoms. The van der Waals surface area contributed by atoms with Crippen molar-refractivity contribution in [3.63, 3.8) is 0 Å². The lowest BCUT2D eigenvalue weighted by molar-refractivity contribution is -0.0366. The molecule has 216 valence electrons. The number of nitrogens with zero attached hydrogens (tertiary/aromatic N) is 7. The predicted octanol–water partition coefficient (Wildman–Crippen LogP) is 4.81. The number of pyridine rings is 1. The van der Waals surface area contributed by atoms with Gasteiger partial charge in [-0.05, 0) is 64.7 Å². The van der Waals surface area contributed by atoms with Gasteiger partial charge < -0.3 is 29.7 Å². The summed E-state index contributed by atoms with van der Waals surface area (Å²) in [5.74, 6) is 1.96. The quantitative estimate of drug-likeness (QED) is 0.370. The zero-order chi connectivity index (χ0) is 28.7. The van der Waals surface area contributed by atoms with E-state index in [9.17, 15) is 4.79 Å². The van der Waals surface area contributed by atoms with Crippen LogP contribution in [0.2, 0.25) is 0 Å². The first kappa shape index (κ1) is 27.0. The van der Waals surface area contributed by atoms with E-state index in [0.717, 1.165) is 53.5 Å². The topological polar surface area (TPSA) is 134 Å². The Labute approximate surface area is 238 Å². The molecule has 2 fully saturated rings. The van der Waals surface area contributed by atoms with E-state index in [2.05, 4.69) is 25.0 Å². The van der Waals surface area contributed by atoms with E-state index in [-0.39, 0.29) is 12.3 Å². The third kappa shape index (κ3) is 5.43. The van der Waals surface area contributed by atoms with Crippen molar-refractivity contribution in [2.75, 3.05) is 43.4 Å². The molecule has 0 spiro atoms. The average Bonchev–Trinajstić information content (AvgIpc) is 3.38. The number of carbonyl (C=O) groups excluding carboxylic acids is 1. The Kier molecular flexibility index (Phi) is 7.02. The van der Waals surface area contributed by atoms with Crippen LogP contribution < -0.4 is 15.4 Å². The van der Waals surface area contributed by atoms with E-state index in [1.807, 2.05) is 50.7 Å². The fourth-order valence-corrected chi connectivity index (χ4v) is 5.37. The fraction of sp³-hybridized carbons (Fsp3) is 0.483. The maximum atomic E-state index is 12.5. The van der Waals surface area contributed by atoms with Crippen LogP contribution in [0.3, 0.4) is 0 Å². The monoisotopic (exact) mass is 560 g/mol. The van der Waals surface area contributed by atoms with Crippen molar-refractivity contribution in [3.8, 4) is 11.6 Å². The summed E-state index contributed by atoms with van der Waals surface area (Å²) in [6.45, 7) is 10.5. The molecule has 41 heavy (non-hydrogen) atoms. The maximum Gasteiger partial charge on any atom is 0.410 e. The summed E-state index contributed by atoms with van der Waals surface area (Å²) < 4.78 is 19.9. The summed E-state index contributed by atoms with van der Waals surface area (Å²) in [5, 5.41) is 6.25. The fourth-order valence-electron chi connectivity index (χ4n) is 5.37. The molecular weight excluding hydrogens is 524 g/mol. The Morgan fingerprint density at radius 1 is 1.10 bits per heavy atom. The second kappa shape index (κ2) is 10.7. The number of hydrogen-bond acceptors (Lipinski definition) is 10. The second-order valence-corrected chi connectivity index (χ2v) is 11.6. The lowest BCUT2D eigenvalue weighted by Gasteiger charge is -2.36. The van der Waals surface area contributed by atoms with Gasteiger partial charge in [-0.2, -0.15) is 10.1 Å². The van der Waals surface area contributed by atoms with Crippen LogP contribution in [0.25, 0.3) is 21.8 Å². The summed E-state index contributed by atoms with van der Waals surface area (Å²) in [6, 6.07) is 5.83. The first-order valence-corrected chi connectivity index (χ1v) is 14.1. The van der Waals surface area contributed by atoms with Gasteiger partial charge in [-0.25, -0.2) is 19.4 Å². The zero-order valence-corrected chi connectivity index (χ0v) is 24.0. The molecule has 0 bridgehead atoms. The van der Waals surface area contributed by atoms with Gasteiger partial charge in [0, 0.05) is 32.8 Å². The summed E-state index contributed by atoms with van der Waals surface area (Å²) in [4.78, 5) is 30.0. The molecule has 12 nitrogen and oxygen atoms in total. The van der Waals surface area contributed by atoms with Gasteiger partial charge in [-0.15, -0.1) is 0 Å². The number of aryl methyl sites for hydroxylation is 1. The van der Waals surface area contributed by atoms with Crippen molar-refractivity contribution in [3.05, 3.63) is 36.3 Å². The summed E-state index contributed by atoms with van der Waals surface area (Å²) in [6.07, 6.45) is 6.03. The summed E-state index contributed by atoms with van der Waals surface area (Å²) >= 11 is 0. The molecule has 1 amide bonds. The molecule has 4 aromatic rings. The maximum absolute atomic E-state index is 12.5. The highest BCUT2D eigenvalue weighted by Crippen LogP contribution is 2.38. The van der Waals surface area contributed by atoms with Crippen molar-refractivity contribution >= 4 is 39.5 Å². The molecule has 0 saturated carbocycles. The number of carbonyl (C=O) groups is 1. The number of benzene rings is 1. The van der Waals surface area contributed by atoms with E-state index in [1.54, 1.807) is 11.0 Å². The Hall–Kier alpha value is -4.19. The van der Waals surface area contributed by atoms with E-state index < -0.39 is 5.60 Å². The Morgan fingerprint density at radius 3 is 2.63 bits per heavy atom. The van der Waals surface area contributed by atoms with Gasteiger partial charge in [0.25, 0.3) is 0 Å². The standard InChI is InChI=1S/C29H36N8O4/c1-18-8-9-21-20(16-33-37(21)23-7-5-6-14-39-23)25(18)40-27-24-19(15-22(30)34-27)26(32-17-31-24)35-10-12-36(13-11-35)28(38)41-29(2,3)4/h8-9,15-17,23H,5-7,10-14H2,1-4H3,(H2,30,34). The van der Waals surface area contributed by atoms with Gasteiger partial charge in [0.05, 0.1) is 22.5 Å². The minimum Gasteiger partial charge on any atom is -0.444 e. The van der Waals surface area contributed by atoms with Gasteiger partial charge in [0.1, 0.15) is 34.8 Å². The van der Waals surface area contributed by atoms with Gasteiger partial charge in [-0.3, -0.25) is 0 Å². The molecule has 0 aliphatic carbocycles. The van der Waals surface area contributed by atoms with Crippen molar-refractivity contribution in [1.82, 2.24) is 29.6 Å². The average molecular weight is 561 g/mol. The molecule has 2 aliphatic heterocycles. The normalized spacial score (nSPS) is 18.2. The highest BCUT2D eigenvalue weighted by Gasteiger charge is 2.28. The van der Waals surface area contributed by atoms with Gasteiger partial charge in [0.15, 0.2) is 6.23 Å². The summed E-state index contributed by atoms with van der Waals surface area (Å²) in [5.41, 5.74) is 8.17. The SMILES string of the molecule is Cc1ccc2c(cnn2C2CCCCO2)c1Oc1nc(N)cc2c(N3CCN(C(=O)OC(C)(C)C)CC3)ncnc12. The molecule has 2 N–H and O–H groups in total. The second-order valence-electron chi connectivity index (χ2n) is 11.6. The molecule has 1 atom stereocenters. The predicted molar refractivity (Wildman–Crippen MR) is 155 cm³/mol. The van der Waals surface area contributed by atoms with Gasteiger partial charge in [-0.1, -0.05) is 6.07 Å². The van der Waals surface area contributed by atoms with Crippen LogP contribution in [-0.2, 0) is 9.47 Å². The number of amides is 1. The Bertz CT molecular complexity index is 1580. The molecule has 6 rings (SSSR count). The third-order valence-electron chi connectivity index (χ3n) is 7.37. The van der Waals surface area contributed by atoms with E-state index in [1.165, 1.54) is 6.33 Å². The number of fused-ring (bicyclic) bond motifs is 2. The van der Waals surface area contributed by atoms with Gasteiger partial charge in [0.2, 0.25) is 5.88 Å². The Balaban J connectivity index is 1.30. The third-order valence-corrected chi connectivity index (χ3v) is 7.37. The van der Waals surface area contributed by atoms with Crippen LogP contribution in [0.4, 0.5) is 16.4 Å². The highest BCUT2D eigenvalue weighted by atomic mass is 16.6. The lowest BCUT2D eigenvalue weighted by atomic mass is 10.1. The first-order valence-electron chi connectivity index (χ1n) is 14.1. The molecule has 5 heterocycles. The molecule has 1 unspecified atom stereocenters. The highest BCUT2D eigenvalue weighted by molar-refractivity contribution is 5.95. The van der Waals surface area contributed by atoms with Crippen LogP contribution in [-0.4, -0.2) is 74.1 Å². The van der Waals surface area contributed by atoms with Crippen molar-refractivity contribution in [2.24, 2.45) is 0 Å². The first-order chi connectivity index (χ1) is 19.7. The van der Waals surface area contributed by atoms with Crippen molar-refractivity contribution in [2.45, 2.75) is 58.8 Å². The number of ether oxygens (including phenoxy) is 3. The minimum absolute atomic E-state index is 0.0887. The zero-order valence-electron chi connectivity index (χ0n) is 24.0. The van der Waals surface area contributed by atoms with Crippen molar-refractivity contribution < 1.29 is 19.0 Å². The van der Waals surface area contributed by atoms with Crippen LogP contribution in [0.5, 0.6) is 11.6 Å². The lowest BCUT2D eigenvalue weighted by Crippen LogP contribution is -2.50. The van der Waals surface area contributed by atoms with Crippen LogP contribution in [0.15, 0.2) is 30.7 Å². The van der Waals surface area contributed by atoms with E-state index in [4.69, 9.17) is 19.9 Å². The molecule has 0 radical (unpaired) electrons. The van der Waals surface area contributed by atoms with Crippen LogP contribution in [0.1, 0.15) is 51.8 Å². The largest absolute Gasteiger partial charge is 0.444 e. The number of nitrogens with two attached hydrogens (primary N) is 1. The van der Waals surface area contributed by atoms with E-state index >= 15 is 0 Å². The number of piperazine rings is 1. The minimum atomic E-state index is -0.539. The number of nitrogen functional groups attached to an aromatic ring is 1. The molecule has 3 aromatic heterocycles. The Morgan fingerprint density at radius 2 is 1.90 bits per heavy atom. The van der Waals surface area contributed by atoms with E-state index in [0.29, 0.717) is 49.1 Å². The molecule has 2 saturated heterocycles. The van der Waals surface area contributed by atoms with Crippen molar-refractivity contribution in [1.29, 1.82) is 0 Å². The van der Waals surface area contributed by atoms with Crippen LogP contribution in [0, 0.1) is 6.92 Å². The summed E-state index contributed by atoms with van der Waals surface area (Å²) in [7, 11) is 0. The van der Waals surface area contributed by atoms with Gasteiger partial charge >= 0.3 is 6.09 Å².